The van der Waals surface area contributed by atoms with Crippen molar-refractivity contribution in [1.29, 1.82) is 0 Å². The molecule has 0 bridgehead atoms. The topological polar surface area (TPSA) is 34.1 Å². The first kappa shape index (κ1) is 18.9. The van der Waals surface area contributed by atoms with Crippen molar-refractivity contribution in [2.24, 2.45) is 5.10 Å². The standard InChI is InChI=1S/C24H20ClFN2O2/c1-2-29-19-10-5-16(6-11-19)24-28-22(20-13-17(25)7-12-23(20)30-24)14-21(27-28)15-3-8-18(26)9-4-15/h3-13,22,24H,2,14H2,1H3/t22-,24+/m0/s1. The van der Waals surface area contributed by atoms with Gasteiger partial charge in [-0.05, 0) is 67.1 Å². The fourth-order valence-corrected chi connectivity index (χ4v) is 4.17. The molecule has 3 aromatic carbocycles. The molecule has 0 N–H and O–H groups in total. The van der Waals surface area contributed by atoms with Crippen LogP contribution in [0.15, 0.2) is 71.8 Å². The maximum absolute atomic E-state index is 13.4. The molecule has 2 aliphatic rings. The van der Waals surface area contributed by atoms with Gasteiger partial charge in [0.1, 0.15) is 17.3 Å². The zero-order chi connectivity index (χ0) is 20.7. The van der Waals surface area contributed by atoms with Gasteiger partial charge in [-0.1, -0.05) is 23.7 Å². The first-order valence-corrected chi connectivity index (χ1v) is 10.3. The average molecular weight is 423 g/mol. The zero-order valence-corrected chi connectivity index (χ0v) is 17.1. The Morgan fingerprint density at radius 3 is 2.60 bits per heavy atom. The maximum Gasteiger partial charge on any atom is 0.213 e. The number of rotatable bonds is 4. The van der Waals surface area contributed by atoms with E-state index in [0.717, 1.165) is 33.9 Å². The van der Waals surface area contributed by atoms with Gasteiger partial charge in [-0.2, -0.15) is 5.10 Å². The molecule has 0 aliphatic carbocycles. The van der Waals surface area contributed by atoms with Crippen molar-refractivity contribution in [2.75, 3.05) is 6.61 Å². The highest BCUT2D eigenvalue weighted by Crippen LogP contribution is 2.48. The van der Waals surface area contributed by atoms with E-state index in [-0.39, 0.29) is 18.1 Å². The number of hydrogen-bond acceptors (Lipinski definition) is 4. The normalized spacial score (nSPS) is 19.6. The average Bonchev–Trinajstić information content (AvgIpc) is 3.20. The van der Waals surface area contributed by atoms with Gasteiger partial charge in [0, 0.05) is 22.6 Å². The molecule has 6 heteroatoms. The zero-order valence-electron chi connectivity index (χ0n) is 16.4. The molecule has 0 unspecified atom stereocenters. The number of fused-ring (bicyclic) bond motifs is 3. The Morgan fingerprint density at radius 1 is 1.10 bits per heavy atom. The second kappa shape index (κ2) is 7.65. The molecule has 0 spiro atoms. The van der Waals surface area contributed by atoms with Crippen LogP contribution in [0.2, 0.25) is 5.02 Å². The number of nitrogens with zero attached hydrogens (tertiary/aromatic N) is 2. The minimum atomic E-state index is -0.377. The van der Waals surface area contributed by atoms with Gasteiger partial charge in [0.05, 0.1) is 18.4 Å². The summed E-state index contributed by atoms with van der Waals surface area (Å²) in [6.45, 7) is 2.58. The van der Waals surface area contributed by atoms with Crippen LogP contribution in [-0.4, -0.2) is 17.3 Å². The van der Waals surface area contributed by atoms with Crippen molar-refractivity contribution in [2.45, 2.75) is 25.6 Å². The molecule has 0 radical (unpaired) electrons. The fourth-order valence-electron chi connectivity index (χ4n) is 3.99. The molecule has 0 saturated carbocycles. The Balaban J connectivity index is 1.55. The van der Waals surface area contributed by atoms with Gasteiger partial charge in [0.2, 0.25) is 6.23 Å². The van der Waals surface area contributed by atoms with Crippen molar-refractivity contribution in [3.8, 4) is 11.5 Å². The van der Waals surface area contributed by atoms with Gasteiger partial charge in [-0.25, -0.2) is 9.40 Å². The highest BCUT2D eigenvalue weighted by Gasteiger charge is 2.41. The summed E-state index contributed by atoms with van der Waals surface area (Å²) in [7, 11) is 0. The SMILES string of the molecule is CCOc1ccc([C@H]2Oc3ccc(Cl)cc3[C@@H]3CC(c4ccc(F)cc4)=NN23)cc1. The first-order chi connectivity index (χ1) is 14.6. The molecule has 5 rings (SSSR count). The van der Waals surface area contributed by atoms with Crippen LogP contribution in [0.5, 0.6) is 11.5 Å². The molecule has 2 heterocycles. The van der Waals surface area contributed by atoms with Crippen molar-refractivity contribution < 1.29 is 13.9 Å². The van der Waals surface area contributed by atoms with Crippen LogP contribution in [0, 0.1) is 5.82 Å². The van der Waals surface area contributed by atoms with Crippen LogP contribution < -0.4 is 9.47 Å². The van der Waals surface area contributed by atoms with E-state index in [2.05, 4.69) is 0 Å². The summed E-state index contributed by atoms with van der Waals surface area (Å²) in [5, 5.41) is 7.52. The summed E-state index contributed by atoms with van der Waals surface area (Å²) in [6, 6.07) is 20.0. The highest BCUT2D eigenvalue weighted by molar-refractivity contribution is 6.30. The Kier molecular flexibility index (Phi) is 4.83. The van der Waals surface area contributed by atoms with Crippen LogP contribution >= 0.6 is 11.6 Å². The van der Waals surface area contributed by atoms with Gasteiger partial charge in [-0.15, -0.1) is 0 Å². The fraction of sp³-hybridized carbons (Fsp3) is 0.208. The van der Waals surface area contributed by atoms with Crippen LogP contribution in [0.4, 0.5) is 4.39 Å². The number of ether oxygens (including phenoxy) is 2. The third-order valence-electron chi connectivity index (χ3n) is 5.41. The smallest absolute Gasteiger partial charge is 0.213 e. The molecule has 152 valence electrons. The van der Waals surface area contributed by atoms with E-state index in [9.17, 15) is 4.39 Å². The Bertz CT molecular complexity index is 1100. The first-order valence-electron chi connectivity index (χ1n) is 9.93. The lowest BCUT2D eigenvalue weighted by Crippen LogP contribution is -2.33. The quantitative estimate of drug-likeness (QED) is 0.508. The molecular weight excluding hydrogens is 403 g/mol. The minimum Gasteiger partial charge on any atom is -0.494 e. The third-order valence-corrected chi connectivity index (χ3v) is 5.64. The molecule has 0 saturated heterocycles. The summed E-state index contributed by atoms with van der Waals surface area (Å²) < 4.78 is 25.3. The predicted molar refractivity (Wildman–Crippen MR) is 115 cm³/mol. The van der Waals surface area contributed by atoms with Crippen LogP contribution in [0.3, 0.4) is 0 Å². The predicted octanol–water partition coefficient (Wildman–Crippen LogP) is 6.12. The lowest BCUT2D eigenvalue weighted by Gasteiger charge is -2.38. The van der Waals surface area contributed by atoms with E-state index >= 15 is 0 Å². The van der Waals surface area contributed by atoms with Crippen molar-refractivity contribution in [3.63, 3.8) is 0 Å². The molecule has 30 heavy (non-hydrogen) atoms. The summed E-state index contributed by atoms with van der Waals surface area (Å²) in [5.74, 6) is 1.36. The van der Waals surface area contributed by atoms with Crippen LogP contribution in [-0.2, 0) is 0 Å². The lowest BCUT2D eigenvalue weighted by atomic mass is 9.96. The second-order valence-corrected chi connectivity index (χ2v) is 7.74. The van der Waals surface area contributed by atoms with Gasteiger partial charge < -0.3 is 9.47 Å². The van der Waals surface area contributed by atoms with E-state index in [4.69, 9.17) is 26.2 Å². The summed E-state index contributed by atoms with van der Waals surface area (Å²) in [6.07, 6.45) is 0.313. The van der Waals surface area contributed by atoms with Gasteiger partial charge in [0.15, 0.2) is 0 Å². The minimum absolute atomic E-state index is 0.0101. The Morgan fingerprint density at radius 2 is 1.87 bits per heavy atom. The van der Waals surface area contributed by atoms with E-state index < -0.39 is 0 Å². The molecule has 2 atom stereocenters. The second-order valence-electron chi connectivity index (χ2n) is 7.31. The molecule has 0 fully saturated rings. The lowest BCUT2D eigenvalue weighted by molar-refractivity contribution is -0.0190. The molecule has 0 amide bonds. The number of hydrogen-bond donors (Lipinski definition) is 0. The molecule has 4 nitrogen and oxygen atoms in total. The third kappa shape index (κ3) is 3.39. The van der Waals surface area contributed by atoms with Gasteiger partial charge in [0.25, 0.3) is 0 Å². The Labute approximate surface area is 179 Å². The van der Waals surface area contributed by atoms with E-state index in [1.165, 1.54) is 12.1 Å². The summed E-state index contributed by atoms with van der Waals surface area (Å²) in [4.78, 5) is 0. The largest absolute Gasteiger partial charge is 0.494 e. The van der Waals surface area contributed by atoms with Crippen molar-refractivity contribution in [1.82, 2.24) is 5.01 Å². The number of benzene rings is 3. The summed E-state index contributed by atoms with van der Waals surface area (Å²) >= 11 is 6.27. The van der Waals surface area contributed by atoms with Crippen LogP contribution in [0.25, 0.3) is 0 Å². The molecule has 3 aromatic rings. The molecular formula is C24H20ClFN2O2. The Hall–Kier alpha value is -3.05. The van der Waals surface area contributed by atoms with Gasteiger partial charge >= 0.3 is 0 Å². The number of hydrazone groups is 1. The highest BCUT2D eigenvalue weighted by atomic mass is 35.5. The van der Waals surface area contributed by atoms with Crippen LogP contribution in [0.1, 0.15) is 42.3 Å². The van der Waals surface area contributed by atoms with Crippen molar-refractivity contribution >= 4 is 17.3 Å². The van der Waals surface area contributed by atoms with E-state index in [0.29, 0.717) is 18.1 Å². The van der Waals surface area contributed by atoms with Gasteiger partial charge in [-0.3, -0.25) is 0 Å². The molecule has 2 aliphatic heterocycles. The maximum atomic E-state index is 13.4. The molecule has 0 aromatic heterocycles. The summed E-state index contributed by atoms with van der Waals surface area (Å²) in [5.41, 5.74) is 3.78. The van der Waals surface area contributed by atoms with E-state index in [1.54, 1.807) is 12.1 Å². The monoisotopic (exact) mass is 422 g/mol. The number of halogens is 2. The van der Waals surface area contributed by atoms with E-state index in [1.807, 2.05) is 54.4 Å². The van der Waals surface area contributed by atoms with Crippen molar-refractivity contribution in [3.05, 3.63) is 94.3 Å².